The van der Waals surface area contributed by atoms with E-state index in [4.69, 9.17) is 16.3 Å². The minimum Gasteiger partial charge on any atom is -0.456 e. The predicted octanol–water partition coefficient (Wildman–Crippen LogP) is 5.98. The summed E-state index contributed by atoms with van der Waals surface area (Å²) in [6, 6.07) is 22.3. The second-order valence-electron chi connectivity index (χ2n) is 6.75. The standard InChI is InChI=1S/C23H21ClN2O2/c24-21-5-1-2-6-22(21)28-20-13-9-18(10-14-20)25-23(27)17-7-11-19(12-8-17)26-15-3-4-16-26/h1-2,5-14H,3-4,15-16H2,(H,25,27). The van der Waals surface area contributed by atoms with E-state index in [1.165, 1.54) is 18.5 Å². The third kappa shape index (κ3) is 4.29. The van der Waals surface area contributed by atoms with Crippen molar-refractivity contribution in [2.75, 3.05) is 23.3 Å². The number of halogens is 1. The molecule has 0 radical (unpaired) electrons. The molecule has 0 unspecified atom stereocenters. The second-order valence-corrected chi connectivity index (χ2v) is 7.16. The van der Waals surface area contributed by atoms with E-state index in [0.29, 0.717) is 27.8 Å². The van der Waals surface area contributed by atoms with Crippen molar-refractivity contribution in [3.63, 3.8) is 0 Å². The summed E-state index contributed by atoms with van der Waals surface area (Å²) in [5.41, 5.74) is 2.52. The van der Waals surface area contributed by atoms with Crippen molar-refractivity contribution in [3.05, 3.63) is 83.4 Å². The number of nitrogens with zero attached hydrogens (tertiary/aromatic N) is 1. The Morgan fingerprint density at radius 3 is 2.25 bits per heavy atom. The number of ether oxygens (including phenoxy) is 1. The molecular formula is C23H21ClN2O2. The zero-order valence-corrected chi connectivity index (χ0v) is 16.2. The topological polar surface area (TPSA) is 41.6 Å². The number of hydrogen-bond donors (Lipinski definition) is 1. The Labute approximate surface area is 169 Å². The average molecular weight is 393 g/mol. The predicted molar refractivity (Wildman–Crippen MR) is 114 cm³/mol. The molecule has 0 bridgehead atoms. The van der Waals surface area contributed by atoms with Crippen LogP contribution in [0.4, 0.5) is 11.4 Å². The van der Waals surface area contributed by atoms with E-state index in [1.807, 2.05) is 54.6 Å². The van der Waals surface area contributed by atoms with Crippen molar-refractivity contribution in [1.29, 1.82) is 0 Å². The number of hydrogen-bond acceptors (Lipinski definition) is 3. The lowest BCUT2D eigenvalue weighted by atomic mass is 10.1. The van der Waals surface area contributed by atoms with Crippen LogP contribution in [0.1, 0.15) is 23.2 Å². The molecule has 28 heavy (non-hydrogen) atoms. The van der Waals surface area contributed by atoms with Gasteiger partial charge in [0.1, 0.15) is 11.5 Å². The van der Waals surface area contributed by atoms with Gasteiger partial charge in [-0.1, -0.05) is 23.7 Å². The van der Waals surface area contributed by atoms with E-state index in [1.54, 1.807) is 18.2 Å². The highest BCUT2D eigenvalue weighted by atomic mass is 35.5. The lowest BCUT2D eigenvalue weighted by molar-refractivity contribution is 0.102. The van der Waals surface area contributed by atoms with Crippen LogP contribution >= 0.6 is 11.6 Å². The lowest BCUT2D eigenvalue weighted by Crippen LogP contribution is -2.18. The van der Waals surface area contributed by atoms with Crippen LogP contribution in [-0.2, 0) is 0 Å². The summed E-state index contributed by atoms with van der Waals surface area (Å²) in [4.78, 5) is 14.8. The van der Waals surface area contributed by atoms with Gasteiger partial charge in [-0.3, -0.25) is 4.79 Å². The van der Waals surface area contributed by atoms with Gasteiger partial charge in [-0.15, -0.1) is 0 Å². The fourth-order valence-corrected chi connectivity index (χ4v) is 3.44. The van der Waals surface area contributed by atoms with Gasteiger partial charge < -0.3 is 15.0 Å². The van der Waals surface area contributed by atoms with Gasteiger partial charge in [-0.05, 0) is 73.5 Å². The summed E-state index contributed by atoms with van der Waals surface area (Å²) in [7, 11) is 0. The number of amides is 1. The Balaban J connectivity index is 1.38. The highest BCUT2D eigenvalue weighted by Crippen LogP contribution is 2.29. The van der Waals surface area contributed by atoms with Crippen molar-refractivity contribution in [1.82, 2.24) is 0 Å². The molecule has 1 saturated heterocycles. The van der Waals surface area contributed by atoms with Crippen LogP contribution in [0.15, 0.2) is 72.8 Å². The maximum atomic E-state index is 12.5. The van der Waals surface area contributed by atoms with Crippen molar-refractivity contribution < 1.29 is 9.53 Å². The van der Waals surface area contributed by atoms with Gasteiger partial charge in [0.05, 0.1) is 5.02 Å². The monoisotopic (exact) mass is 392 g/mol. The number of carbonyl (C=O) groups is 1. The summed E-state index contributed by atoms with van der Waals surface area (Å²) < 4.78 is 5.77. The summed E-state index contributed by atoms with van der Waals surface area (Å²) in [5.74, 6) is 1.12. The number of benzene rings is 3. The van der Waals surface area contributed by atoms with Crippen molar-refractivity contribution in [2.45, 2.75) is 12.8 Å². The van der Waals surface area contributed by atoms with E-state index in [9.17, 15) is 4.79 Å². The quantitative estimate of drug-likeness (QED) is 0.580. The summed E-state index contributed by atoms with van der Waals surface area (Å²) >= 11 is 6.11. The Hall–Kier alpha value is -2.98. The maximum Gasteiger partial charge on any atom is 0.255 e. The Morgan fingerprint density at radius 2 is 1.57 bits per heavy atom. The SMILES string of the molecule is O=C(Nc1ccc(Oc2ccccc2Cl)cc1)c1ccc(N2CCCC2)cc1. The van der Waals surface area contributed by atoms with Crippen LogP contribution < -0.4 is 15.0 Å². The van der Waals surface area contributed by atoms with Crippen molar-refractivity contribution in [3.8, 4) is 11.5 Å². The maximum absolute atomic E-state index is 12.5. The first-order valence-electron chi connectivity index (χ1n) is 9.38. The van der Waals surface area contributed by atoms with Crippen LogP contribution in [-0.4, -0.2) is 19.0 Å². The van der Waals surface area contributed by atoms with E-state index in [0.717, 1.165) is 13.1 Å². The molecule has 1 N–H and O–H groups in total. The Morgan fingerprint density at radius 1 is 0.893 bits per heavy atom. The van der Waals surface area contributed by atoms with Crippen LogP contribution in [0, 0.1) is 0 Å². The molecule has 1 amide bonds. The molecule has 0 aromatic heterocycles. The first-order chi connectivity index (χ1) is 13.7. The zero-order chi connectivity index (χ0) is 19.3. The van der Waals surface area contributed by atoms with E-state index in [2.05, 4.69) is 10.2 Å². The molecule has 1 aliphatic heterocycles. The molecule has 1 heterocycles. The smallest absolute Gasteiger partial charge is 0.255 e. The van der Waals surface area contributed by atoms with Gasteiger partial charge in [-0.2, -0.15) is 0 Å². The van der Waals surface area contributed by atoms with E-state index in [-0.39, 0.29) is 5.91 Å². The molecular weight excluding hydrogens is 372 g/mol. The molecule has 0 spiro atoms. The summed E-state index contributed by atoms with van der Waals surface area (Å²) in [5, 5.41) is 3.47. The molecule has 1 fully saturated rings. The molecule has 0 saturated carbocycles. The van der Waals surface area contributed by atoms with E-state index < -0.39 is 0 Å². The molecule has 4 nitrogen and oxygen atoms in total. The average Bonchev–Trinajstić information content (AvgIpc) is 3.26. The van der Waals surface area contributed by atoms with Crippen molar-refractivity contribution >= 4 is 28.9 Å². The van der Waals surface area contributed by atoms with Gasteiger partial charge >= 0.3 is 0 Å². The van der Waals surface area contributed by atoms with Gasteiger partial charge in [0.2, 0.25) is 0 Å². The van der Waals surface area contributed by atoms with Gasteiger partial charge in [0, 0.05) is 30.0 Å². The molecule has 0 aliphatic carbocycles. The van der Waals surface area contributed by atoms with E-state index >= 15 is 0 Å². The lowest BCUT2D eigenvalue weighted by Gasteiger charge is -2.17. The fraction of sp³-hybridized carbons (Fsp3) is 0.174. The molecule has 3 aromatic rings. The number of para-hydroxylation sites is 1. The normalized spacial score (nSPS) is 13.4. The molecule has 142 valence electrons. The highest BCUT2D eigenvalue weighted by Gasteiger charge is 2.13. The number of nitrogens with one attached hydrogen (secondary N) is 1. The number of carbonyl (C=O) groups excluding carboxylic acids is 1. The number of anilines is 2. The van der Waals surface area contributed by atoms with Crippen molar-refractivity contribution in [2.24, 2.45) is 0 Å². The van der Waals surface area contributed by atoms with Crippen LogP contribution in [0.2, 0.25) is 5.02 Å². The van der Waals surface area contributed by atoms with Gasteiger partial charge in [0.25, 0.3) is 5.91 Å². The molecule has 4 rings (SSSR count). The zero-order valence-electron chi connectivity index (χ0n) is 15.4. The summed E-state index contributed by atoms with van der Waals surface area (Å²) in [6.07, 6.45) is 2.47. The third-order valence-electron chi connectivity index (χ3n) is 4.78. The minimum absolute atomic E-state index is 0.132. The van der Waals surface area contributed by atoms with Crippen LogP contribution in [0.5, 0.6) is 11.5 Å². The Kier molecular flexibility index (Phi) is 5.49. The van der Waals surface area contributed by atoms with Gasteiger partial charge in [0.15, 0.2) is 0 Å². The molecule has 5 heteroatoms. The Bertz CT molecular complexity index is 949. The fourth-order valence-electron chi connectivity index (χ4n) is 3.26. The first-order valence-corrected chi connectivity index (χ1v) is 9.76. The third-order valence-corrected chi connectivity index (χ3v) is 5.09. The summed E-state index contributed by atoms with van der Waals surface area (Å²) in [6.45, 7) is 2.18. The minimum atomic E-state index is -0.132. The largest absolute Gasteiger partial charge is 0.456 e. The number of rotatable bonds is 5. The molecule has 0 atom stereocenters. The highest BCUT2D eigenvalue weighted by molar-refractivity contribution is 6.32. The van der Waals surface area contributed by atoms with Crippen LogP contribution in [0.25, 0.3) is 0 Å². The molecule has 3 aromatic carbocycles. The first kappa shape index (κ1) is 18.4. The molecule has 1 aliphatic rings. The van der Waals surface area contributed by atoms with Crippen LogP contribution in [0.3, 0.4) is 0 Å². The van der Waals surface area contributed by atoms with Gasteiger partial charge in [-0.25, -0.2) is 0 Å². The second kappa shape index (κ2) is 8.36.